The molecule has 0 fully saturated rings. The van der Waals surface area contributed by atoms with Crippen LogP contribution < -0.4 is 10.0 Å². The predicted molar refractivity (Wildman–Crippen MR) is 71.7 cm³/mol. The molecule has 0 spiro atoms. The summed E-state index contributed by atoms with van der Waals surface area (Å²) in [6.45, 7) is 1.11. The fourth-order valence-electron chi connectivity index (χ4n) is 1.44. The second-order valence-electron chi connectivity index (χ2n) is 3.70. The number of rotatable bonds is 7. The summed E-state index contributed by atoms with van der Waals surface area (Å²) in [6, 6.07) is 1.69. The van der Waals surface area contributed by atoms with Crippen molar-refractivity contribution in [3.63, 3.8) is 0 Å². The van der Waals surface area contributed by atoms with E-state index in [1.807, 2.05) is 24.9 Å². The molecule has 1 aromatic rings. The first-order valence-corrected chi connectivity index (χ1v) is 8.17. The van der Waals surface area contributed by atoms with Gasteiger partial charge in [-0.25, -0.2) is 13.1 Å². The van der Waals surface area contributed by atoms with Crippen LogP contribution in [0.3, 0.4) is 0 Å². The van der Waals surface area contributed by atoms with Crippen LogP contribution in [0.1, 0.15) is 5.69 Å². The third-order valence-corrected chi connectivity index (χ3v) is 4.39. The Bertz CT molecular complexity index is 454. The zero-order valence-electron chi connectivity index (χ0n) is 10.4. The van der Waals surface area contributed by atoms with Gasteiger partial charge in [0.2, 0.25) is 10.0 Å². The van der Waals surface area contributed by atoms with E-state index in [0.29, 0.717) is 18.0 Å². The highest BCUT2D eigenvalue weighted by Crippen LogP contribution is 2.13. The molecular weight excluding hydrogens is 258 g/mol. The quantitative estimate of drug-likeness (QED) is 0.708. The number of nitrogens with zero attached hydrogens (tertiary/aromatic N) is 1. The van der Waals surface area contributed by atoms with Crippen molar-refractivity contribution in [2.24, 2.45) is 7.05 Å². The molecule has 1 heterocycles. The highest BCUT2D eigenvalue weighted by Gasteiger charge is 2.16. The fourth-order valence-corrected chi connectivity index (χ4v) is 3.00. The van der Waals surface area contributed by atoms with E-state index < -0.39 is 10.0 Å². The Kier molecular flexibility index (Phi) is 5.51. The van der Waals surface area contributed by atoms with Gasteiger partial charge in [-0.05, 0) is 19.4 Å². The first kappa shape index (κ1) is 14.6. The van der Waals surface area contributed by atoms with Crippen molar-refractivity contribution >= 4 is 21.8 Å². The van der Waals surface area contributed by atoms with E-state index in [2.05, 4.69) is 10.0 Å². The van der Waals surface area contributed by atoms with Crippen LogP contribution in [0.5, 0.6) is 0 Å². The van der Waals surface area contributed by atoms with Crippen LogP contribution in [-0.2, 0) is 23.6 Å². The predicted octanol–water partition coefficient (Wildman–Crippen LogP) is 0.386. The van der Waals surface area contributed by atoms with Crippen molar-refractivity contribution in [2.45, 2.75) is 11.4 Å². The van der Waals surface area contributed by atoms with E-state index >= 15 is 0 Å². The molecule has 0 bridgehead atoms. The van der Waals surface area contributed by atoms with Crippen LogP contribution in [0.2, 0.25) is 0 Å². The molecule has 5 nitrogen and oxygen atoms in total. The van der Waals surface area contributed by atoms with Crippen molar-refractivity contribution in [3.8, 4) is 0 Å². The molecule has 0 radical (unpaired) electrons. The van der Waals surface area contributed by atoms with Crippen molar-refractivity contribution in [1.82, 2.24) is 14.6 Å². The van der Waals surface area contributed by atoms with Gasteiger partial charge in [-0.15, -0.1) is 0 Å². The maximum absolute atomic E-state index is 11.9. The lowest BCUT2D eigenvalue weighted by Gasteiger charge is -2.02. The van der Waals surface area contributed by atoms with Crippen LogP contribution in [0.25, 0.3) is 0 Å². The average molecular weight is 277 g/mol. The largest absolute Gasteiger partial charge is 0.352 e. The lowest BCUT2D eigenvalue weighted by atomic mass is 10.4. The molecule has 17 heavy (non-hydrogen) atoms. The molecular formula is C10H19N3O2S2. The Morgan fingerprint density at radius 1 is 1.47 bits per heavy atom. The van der Waals surface area contributed by atoms with Gasteiger partial charge in [0.1, 0.15) is 0 Å². The topological polar surface area (TPSA) is 63.1 Å². The van der Waals surface area contributed by atoms with Gasteiger partial charge in [0.25, 0.3) is 0 Å². The number of nitrogens with one attached hydrogen (secondary N) is 2. The fraction of sp³-hybridized carbons (Fsp3) is 0.600. The molecule has 1 rings (SSSR count). The van der Waals surface area contributed by atoms with E-state index in [4.69, 9.17) is 0 Å². The average Bonchev–Trinajstić information content (AvgIpc) is 2.62. The molecule has 0 amide bonds. The highest BCUT2D eigenvalue weighted by molar-refractivity contribution is 7.98. The minimum atomic E-state index is -3.36. The second-order valence-corrected chi connectivity index (χ2v) is 6.45. The molecule has 0 aromatic carbocycles. The molecule has 0 aliphatic carbocycles. The summed E-state index contributed by atoms with van der Waals surface area (Å²) >= 11 is 1.61. The zero-order valence-corrected chi connectivity index (χ0v) is 12.0. The van der Waals surface area contributed by atoms with Gasteiger partial charge >= 0.3 is 0 Å². The monoisotopic (exact) mass is 277 g/mol. The lowest BCUT2D eigenvalue weighted by molar-refractivity contribution is 0.584. The Labute approximate surface area is 107 Å². The molecule has 1 aromatic heterocycles. The molecule has 0 saturated heterocycles. The van der Waals surface area contributed by atoms with Crippen molar-refractivity contribution < 1.29 is 8.42 Å². The van der Waals surface area contributed by atoms with E-state index in [1.165, 1.54) is 0 Å². The Hall–Kier alpha value is -0.500. The van der Waals surface area contributed by atoms with Crippen LogP contribution in [-0.4, -0.2) is 38.6 Å². The summed E-state index contributed by atoms with van der Waals surface area (Å²) in [4.78, 5) is 0.325. The van der Waals surface area contributed by atoms with E-state index in [1.54, 1.807) is 24.0 Å². The normalized spacial score (nSPS) is 11.9. The van der Waals surface area contributed by atoms with Gasteiger partial charge in [-0.2, -0.15) is 11.8 Å². The smallest absolute Gasteiger partial charge is 0.242 e. The first-order chi connectivity index (χ1) is 8.01. The van der Waals surface area contributed by atoms with E-state index in [9.17, 15) is 8.42 Å². The molecule has 0 saturated carbocycles. The minimum Gasteiger partial charge on any atom is -0.352 e. The van der Waals surface area contributed by atoms with Gasteiger partial charge in [-0.3, -0.25) is 0 Å². The summed E-state index contributed by atoms with van der Waals surface area (Å²) in [5, 5.41) is 3.00. The van der Waals surface area contributed by atoms with Crippen molar-refractivity contribution in [1.29, 1.82) is 0 Å². The molecule has 0 unspecified atom stereocenters. The number of hydrogen-bond acceptors (Lipinski definition) is 4. The molecule has 98 valence electrons. The van der Waals surface area contributed by atoms with E-state index in [-0.39, 0.29) is 0 Å². The van der Waals surface area contributed by atoms with Crippen molar-refractivity contribution in [2.75, 3.05) is 25.6 Å². The van der Waals surface area contributed by atoms with Crippen LogP contribution in [0.15, 0.2) is 17.2 Å². The van der Waals surface area contributed by atoms with Gasteiger partial charge in [0.05, 0.1) is 4.90 Å². The summed E-state index contributed by atoms with van der Waals surface area (Å²) < 4.78 is 28.2. The zero-order chi connectivity index (χ0) is 12.9. The van der Waals surface area contributed by atoms with Gasteiger partial charge in [-0.1, -0.05) is 0 Å². The van der Waals surface area contributed by atoms with Crippen LogP contribution >= 0.6 is 11.8 Å². The van der Waals surface area contributed by atoms with Crippen LogP contribution in [0, 0.1) is 0 Å². The summed E-state index contributed by atoms with van der Waals surface area (Å²) in [7, 11) is 0.308. The number of aromatic nitrogens is 1. The maximum Gasteiger partial charge on any atom is 0.242 e. The standard InChI is InChI=1S/C10H19N3O2S2/c1-11-7-9-6-10(8-13(9)2)17(14,15)12-4-5-16-3/h6,8,11-12H,4-5,7H2,1-3H3. The molecule has 0 aliphatic heterocycles. The molecule has 0 atom stereocenters. The number of hydrogen-bond donors (Lipinski definition) is 2. The lowest BCUT2D eigenvalue weighted by Crippen LogP contribution is -2.25. The molecule has 7 heteroatoms. The van der Waals surface area contributed by atoms with E-state index in [0.717, 1.165) is 11.4 Å². The second kappa shape index (κ2) is 6.44. The third kappa shape index (κ3) is 4.02. The Balaban J connectivity index is 2.80. The summed E-state index contributed by atoms with van der Waals surface area (Å²) in [6.07, 6.45) is 3.58. The summed E-state index contributed by atoms with van der Waals surface area (Å²) in [5.74, 6) is 0.773. The molecule has 2 N–H and O–H groups in total. The first-order valence-electron chi connectivity index (χ1n) is 5.29. The third-order valence-electron chi connectivity index (χ3n) is 2.35. The van der Waals surface area contributed by atoms with Gasteiger partial charge in [0, 0.05) is 37.8 Å². The Morgan fingerprint density at radius 3 is 2.76 bits per heavy atom. The van der Waals surface area contributed by atoms with Gasteiger partial charge in [0.15, 0.2) is 0 Å². The van der Waals surface area contributed by atoms with Gasteiger partial charge < -0.3 is 9.88 Å². The number of aryl methyl sites for hydroxylation is 1. The Morgan fingerprint density at radius 2 is 2.18 bits per heavy atom. The number of sulfonamides is 1. The SMILES string of the molecule is CNCc1cc(S(=O)(=O)NCCSC)cn1C. The van der Waals surface area contributed by atoms with Crippen molar-refractivity contribution in [3.05, 3.63) is 18.0 Å². The summed E-state index contributed by atoms with van der Waals surface area (Å²) in [5.41, 5.74) is 0.942. The van der Waals surface area contributed by atoms with Crippen LogP contribution in [0.4, 0.5) is 0 Å². The number of thioether (sulfide) groups is 1. The maximum atomic E-state index is 11.9. The molecule has 0 aliphatic rings. The minimum absolute atomic E-state index is 0.325. The highest BCUT2D eigenvalue weighted by atomic mass is 32.2.